The summed E-state index contributed by atoms with van der Waals surface area (Å²) in [5.74, 6) is 0.0220. The third kappa shape index (κ3) is 5.52. The number of benzene rings is 2. The van der Waals surface area contributed by atoms with Gasteiger partial charge in [-0.05, 0) is 36.4 Å². The van der Waals surface area contributed by atoms with E-state index in [2.05, 4.69) is 20.9 Å². The van der Waals surface area contributed by atoms with Crippen molar-refractivity contribution < 1.29 is 18.7 Å². The van der Waals surface area contributed by atoms with Gasteiger partial charge in [0, 0.05) is 22.8 Å². The van der Waals surface area contributed by atoms with Crippen molar-refractivity contribution in [1.82, 2.24) is 4.98 Å². The maximum atomic E-state index is 12.9. The lowest BCUT2D eigenvalue weighted by molar-refractivity contribution is -0.115. The molecule has 0 aliphatic carbocycles. The molecule has 1 aromatic heterocycles. The topological polar surface area (TPSA) is 92.4 Å². The number of thiazole rings is 1. The van der Waals surface area contributed by atoms with E-state index in [0.29, 0.717) is 27.9 Å². The van der Waals surface area contributed by atoms with Crippen LogP contribution >= 0.6 is 11.3 Å². The largest absolute Gasteiger partial charge is 0.497 e. The molecule has 0 fully saturated rings. The van der Waals surface area contributed by atoms with Crippen LogP contribution in [0.25, 0.3) is 0 Å². The Morgan fingerprint density at radius 1 is 1.07 bits per heavy atom. The summed E-state index contributed by atoms with van der Waals surface area (Å²) in [6.45, 7) is 0. The molecular weight excluding hydrogens is 383 g/mol. The first-order chi connectivity index (χ1) is 13.5. The third-order valence-electron chi connectivity index (χ3n) is 3.57. The molecule has 0 aliphatic rings. The molecule has 2 aromatic carbocycles. The fraction of sp³-hybridized carbons (Fsp3) is 0.105. The summed E-state index contributed by atoms with van der Waals surface area (Å²) in [6.07, 6.45) is 0.0645. The summed E-state index contributed by atoms with van der Waals surface area (Å²) in [6, 6.07) is 11.9. The van der Waals surface area contributed by atoms with Gasteiger partial charge in [-0.2, -0.15) is 0 Å². The van der Waals surface area contributed by atoms with Crippen LogP contribution < -0.4 is 20.7 Å². The number of methoxy groups -OCH3 is 1. The minimum Gasteiger partial charge on any atom is -0.497 e. The Bertz CT molecular complexity index is 975. The summed E-state index contributed by atoms with van der Waals surface area (Å²) in [4.78, 5) is 28.3. The molecule has 3 amide bonds. The molecule has 7 nitrogen and oxygen atoms in total. The maximum Gasteiger partial charge on any atom is 0.325 e. The van der Waals surface area contributed by atoms with Gasteiger partial charge in [0.1, 0.15) is 11.6 Å². The van der Waals surface area contributed by atoms with Gasteiger partial charge in [-0.15, -0.1) is 11.3 Å². The minimum absolute atomic E-state index is 0.0645. The second-order valence-electron chi connectivity index (χ2n) is 5.69. The Morgan fingerprint density at radius 3 is 2.61 bits per heavy atom. The van der Waals surface area contributed by atoms with E-state index in [-0.39, 0.29) is 18.1 Å². The summed E-state index contributed by atoms with van der Waals surface area (Å²) < 4.78 is 18.0. The smallest absolute Gasteiger partial charge is 0.325 e. The number of nitrogens with zero attached hydrogens (tertiary/aromatic N) is 1. The predicted octanol–water partition coefficient (Wildman–Crippen LogP) is 4.12. The average molecular weight is 400 g/mol. The molecule has 0 radical (unpaired) electrons. The molecular formula is C19H17FN4O3S. The standard InChI is InChI=1S/C19H17FN4O3S/c1-27-16-4-2-3-14(9-16)21-17(25)10-15-11-28-19(23-15)24-18(26)22-13-7-5-12(20)6-8-13/h2-9,11H,10H2,1H3,(H,21,25)(H2,22,23,24,26). The number of nitrogens with one attached hydrogen (secondary N) is 3. The molecule has 3 aromatic rings. The molecule has 0 saturated heterocycles. The number of aromatic nitrogens is 1. The number of halogens is 1. The highest BCUT2D eigenvalue weighted by Crippen LogP contribution is 2.19. The van der Waals surface area contributed by atoms with Gasteiger partial charge in [0.15, 0.2) is 5.13 Å². The van der Waals surface area contributed by atoms with Gasteiger partial charge in [0.2, 0.25) is 5.91 Å². The van der Waals surface area contributed by atoms with Crippen LogP contribution in [0.4, 0.5) is 25.7 Å². The van der Waals surface area contributed by atoms with Gasteiger partial charge in [-0.25, -0.2) is 14.2 Å². The third-order valence-corrected chi connectivity index (χ3v) is 4.38. The van der Waals surface area contributed by atoms with E-state index in [4.69, 9.17) is 4.74 Å². The van der Waals surface area contributed by atoms with Crippen LogP contribution in [0, 0.1) is 5.82 Å². The predicted molar refractivity (Wildman–Crippen MR) is 106 cm³/mol. The van der Waals surface area contributed by atoms with Gasteiger partial charge in [0.25, 0.3) is 0 Å². The number of hydrogen-bond acceptors (Lipinski definition) is 5. The Morgan fingerprint density at radius 2 is 1.86 bits per heavy atom. The molecule has 0 unspecified atom stereocenters. The highest BCUT2D eigenvalue weighted by molar-refractivity contribution is 7.14. The zero-order valence-electron chi connectivity index (χ0n) is 14.9. The summed E-state index contributed by atoms with van der Waals surface area (Å²) in [7, 11) is 1.55. The minimum atomic E-state index is -0.506. The molecule has 144 valence electrons. The second kappa shape index (κ2) is 8.96. The van der Waals surface area contributed by atoms with Crippen molar-refractivity contribution in [3.05, 3.63) is 65.4 Å². The number of anilines is 3. The van der Waals surface area contributed by atoms with Gasteiger partial charge in [-0.1, -0.05) is 6.07 Å². The van der Waals surface area contributed by atoms with Gasteiger partial charge < -0.3 is 15.4 Å². The van der Waals surface area contributed by atoms with E-state index >= 15 is 0 Å². The fourth-order valence-corrected chi connectivity index (χ4v) is 3.01. The zero-order valence-corrected chi connectivity index (χ0v) is 15.7. The van der Waals surface area contributed by atoms with Crippen LogP contribution in [0.2, 0.25) is 0 Å². The first-order valence-electron chi connectivity index (χ1n) is 8.24. The molecule has 0 atom stereocenters. The van der Waals surface area contributed by atoms with Crippen molar-refractivity contribution in [2.24, 2.45) is 0 Å². The molecule has 3 rings (SSSR count). The van der Waals surface area contributed by atoms with Gasteiger partial charge in [0.05, 0.1) is 19.2 Å². The summed E-state index contributed by atoms with van der Waals surface area (Å²) in [5.41, 5.74) is 1.60. The van der Waals surface area contributed by atoms with Crippen molar-refractivity contribution in [1.29, 1.82) is 0 Å². The summed E-state index contributed by atoms with van der Waals surface area (Å²) >= 11 is 1.20. The van der Waals surface area contributed by atoms with Crippen molar-refractivity contribution in [3.8, 4) is 5.75 Å². The van der Waals surface area contributed by atoms with Gasteiger partial charge >= 0.3 is 6.03 Å². The van der Waals surface area contributed by atoms with Crippen molar-refractivity contribution in [2.75, 3.05) is 23.1 Å². The molecule has 0 aliphatic heterocycles. The molecule has 0 saturated carbocycles. The van der Waals surface area contributed by atoms with E-state index in [1.165, 1.54) is 35.6 Å². The zero-order chi connectivity index (χ0) is 19.9. The Kier molecular flexibility index (Phi) is 6.18. The number of rotatable bonds is 6. The fourth-order valence-electron chi connectivity index (χ4n) is 2.31. The Balaban J connectivity index is 1.52. The van der Waals surface area contributed by atoms with Crippen LogP contribution in [-0.2, 0) is 11.2 Å². The SMILES string of the molecule is COc1cccc(NC(=O)Cc2csc(NC(=O)Nc3ccc(F)cc3)n2)c1. The van der Waals surface area contributed by atoms with E-state index in [1.54, 1.807) is 36.8 Å². The number of carbonyl (C=O) groups excluding carboxylic acids is 2. The molecule has 9 heteroatoms. The summed E-state index contributed by atoms with van der Waals surface area (Å²) in [5, 5.41) is 9.96. The van der Waals surface area contributed by atoms with Crippen molar-refractivity contribution in [3.63, 3.8) is 0 Å². The average Bonchev–Trinajstić information content (AvgIpc) is 3.10. The molecule has 0 bridgehead atoms. The number of urea groups is 1. The molecule has 28 heavy (non-hydrogen) atoms. The number of hydrogen-bond donors (Lipinski definition) is 3. The van der Waals surface area contributed by atoms with Crippen LogP contribution in [0.3, 0.4) is 0 Å². The number of carbonyl (C=O) groups is 2. The lowest BCUT2D eigenvalue weighted by Gasteiger charge is -2.06. The lowest BCUT2D eigenvalue weighted by Crippen LogP contribution is -2.19. The van der Waals surface area contributed by atoms with Crippen LogP contribution in [0.1, 0.15) is 5.69 Å². The highest BCUT2D eigenvalue weighted by Gasteiger charge is 2.11. The highest BCUT2D eigenvalue weighted by atomic mass is 32.1. The number of ether oxygens (including phenoxy) is 1. The van der Waals surface area contributed by atoms with Crippen LogP contribution in [0.15, 0.2) is 53.9 Å². The van der Waals surface area contributed by atoms with E-state index in [1.807, 2.05) is 0 Å². The molecule has 1 heterocycles. The van der Waals surface area contributed by atoms with Crippen molar-refractivity contribution in [2.45, 2.75) is 6.42 Å². The Labute approximate surface area is 164 Å². The van der Waals surface area contributed by atoms with Crippen LogP contribution in [-0.4, -0.2) is 24.0 Å². The normalized spacial score (nSPS) is 10.2. The lowest BCUT2D eigenvalue weighted by atomic mass is 10.2. The first kappa shape index (κ1) is 19.3. The van der Waals surface area contributed by atoms with E-state index in [9.17, 15) is 14.0 Å². The monoisotopic (exact) mass is 400 g/mol. The van der Waals surface area contributed by atoms with Crippen molar-refractivity contribution >= 4 is 39.8 Å². The van der Waals surface area contributed by atoms with Crippen LogP contribution in [0.5, 0.6) is 5.75 Å². The molecule has 0 spiro atoms. The Hall–Kier alpha value is -3.46. The quantitative estimate of drug-likeness (QED) is 0.580. The maximum absolute atomic E-state index is 12.9. The van der Waals surface area contributed by atoms with E-state index < -0.39 is 6.03 Å². The number of amides is 3. The van der Waals surface area contributed by atoms with Gasteiger partial charge in [-0.3, -0.25) is 10.1 Å². The first-order valence-corrected chi connectivity index (χ1v) is 9.11. The molecule has 3 N–H and O–H groups in total. The van der Waals surface area contributed by atoms with E-state index in [0.717, 1.165) is 0 Å². The second-order valence-corrected chi connectivity index (χ2v) is 6.55.